The number of hydrogen-bond donors (Lipinski definition) is 1. The highest BCUT2D eigenvalue weighted by atomic mass is 32.1. The van der Waals surface area contributed by atoms with Crippen molar-refractivity contribution in [3.05, 3.63) is 58.0 Å². The van der Waals surface area contributed by atoms with Crippen molar-refractivity contribution < 1.29 is 0 Å². The van der Waals surface area contributed by atoms with Gasteiger partial charge in [-0.05, 0) is 6.92 Å². The molecule has 0 aliphatic heterocycles. The monoisotopic (exact) mass is 269 g/mol. The zero-order valence-corrected chi connectivity index (χ0v) is 11.1. The van der Waals surface area contributed by atoms with Gasteiger partial charge in [0.1, 0.15) is 5.82 Å². The Labute approximate surface area is 113 Å². The Morgan fingerprint density at radius 3 is 2.68 bits per heavy atom. The molecule has 0 saturated carbocycles. The molecule has 0 amide bonds. The fourth-order valence-electron chi connectivity index (χ4n) is 1.80. The van der Waals surface area contributed by atoms with Gasteiger partial charge in [-0.2, -0.15) is 0 Å². The van der Waals surface area contributed by atoms with Gasteiger partial charge in [0.25, 0.3) is 5.56 Å². The summed E-state index contributed by atoms with van der Waals surface area (Å²) in [5.41, 5.74) is 1.39. The molecule has 0 unspecified atom stereocenters. The second-order valence-corrected chi connectivity index (χ2v) is 5.32. The molecule has 0 aliphatic carbocycles. The number of aromatic amines is 1. The molecule has 0 atom stereocenters. The standard InChI is InChI=1S/C14H11N3OS/c1-9-15-8-12(19-9)11-7-13(18)17-14(16-11)10-5-3-2-4-6-10/h2-8H,1H3,(H,16,17,18). The first kappa shape index (κ1) is 11.8. The predicted molar refractivity (Wildman–Crippen MR) is 76.1 cm³/mol. The quantitative estimate of drug-likeness (QED) is 0.778. The molecule has 0 spiro atoms. The van der Waals surface area contributed by atoms with E-state index in [-0.39, 0.29) is 5.56 Å². The Balaban J connectivity index is 2.14. The maximum atomic E-state index is 11.8. The first-order chi connectivity index (χ1) is 9.22. The van der Waals surface area contributed by atoms with Gasteiger partial charge in [0.05, 0.1) is 15.6 Å². The number of nitrogens with one attached hydrogen (secondary N) is 1. The van der Waals surface area contributed by atoms with Gasteiger partial charge in [0.2, 0.25) is 0 Å². The van der Waals surface area contributed by atoms with Gasteiger partial charge in [-0.3, -0.25) is 4.79 Å². The number of aromatic nitrogens is 3. The van der Waals surface area contributed by atoms with Crippen LogP contribution in [-0.2, 0) is 0 Å². The summed E-state index contributed by atoms with van der Waals surface area (Å²) in [6.07, 6.45) is 1.75. The second kappa shape index (κ2) is 4.78. The minimum Gasteiger partial charge on any atom is -0.306 e. The molecular formula is C14H11N3OS. The van der Waals surface area contributed by atoms with Crippen molar-refractivity contribution in [2.24, 2.45) is 0 Å². The van der Waals surface area contributed by atoms with Crippen LogP contribution in [0.2, 0.25) is 0 Å². The van der Waals surface area contributed by atoms with Crippen LogP contribution >= 0.6 is 11.3 Å². The normalized spacial score (nSPS) is 10.6. The predicted octanol–water partition coefficient (Wildman–Crippen LogP) is 2.87. The maximum absolute atomic E-state index is 11.8. The number of rotatable bonds is 2. The minimum absolute atomic E-state index is 0.157. The Morgan fingerprint density at radius 2 is 2.00 bits per heavy atom. The van der Waals surface area contributed by atoms with Gasteiger partial charge in [-0.15, -0.1) is 11.3 Å². The van der Waals surface area contributed by atoms with Gasteiger partial charge in [-0.1, -0.05) is 30.3 Å². The molecule has 4 nitrogen and oxygen atoms in total. The molecule has 5 heteroatoms. The lowest BCUT2D eigenvalue weighted by atomic mass is 10.2. The molecule has 0 fully saturated rings. The van der Waals surface area contributed by atoms with Crippen molar-refractivity contribution >= 4 is 11.3 Å². The number of thiazole rings is 1. The summed E-state index contributed by atoms with van der Waals surface area (Å²) < 4.78 is 0. The molecular weight excluding hydrogens is 258 g/mol. The van der Waals surface area contributed by atoms with Crippen molar-refractivity contribution in [3.8, 4) is 22.0 Å². The summed E-state index contributed by atoms with van der Waals surface area (Å²) in [7, 11) is 0. The zero-order chi connectivity index (χ0) is 13.2. The molecule has 1 N–H and O–H groups in total. The molecule has 2 aromatic heterocycles. The molecule has 3 rings (SSSR count). The van der Waals surface area contributed by atoms with Gasteiger partial charge in [0, 0.05) is 17.8 Å². The molecule has 94 valence electrons. The van der Waals surface area contributed by atoms with Crippen LogP contribution in [0.15, 0.2) is 47.4 Å². The number of hydrogen-bond acceptors (Lipinski definition) is 4. The Morgan fingerprint density at radius 1 is 1.21 bits per heavy atom. The number of nitrogens with zero attached hydrogens (tertiary/aromatic N) is 2. The highest BCUT2D eigenvalue weighted by Crippen LogP contribution is 2.24. The molecule has 0 aliphatic rings. The second-order valence-electron chi connectivity index (χ2n) is 4.09. The van der Waals surface area contributed by atoms with E-state index in [2.05, 4.69) is 15.0 Å². The Hall–Kier alpha value is -2.27. The van der Waals surface area contributed by atoms with E-state index in [0.29, 0.717) is 11.5 Å². The van der Waals surface area contributed by atoms with Gasteiger partial charge >= 0.3 is 0 Å². The van der Waals surface area contributed by atoms with E-state index in [0.717, 1.165) is 15.4 Å². The highest BCUT2D eigenvalue weighted by molar-refractivity contribution is 7.15. The topological polar surface area (TPSA) is 58.6 Å². The zero-order valence-electron chi connectivity index (χ0n) is 10.3. The summed E-state index contributed by atoms with van der Waals surface area (Å²) in [4.78, 5) is 24.1. The molecule has 0 saturated heterocycles. The van der Waals surface area contributed by atoms with Crippen molar-refractivity contribution in [2.45, 2.75) is 6.92 Å². The van der Waals surface area contributed by atoms with Crippen molar-refractivity contribution in [1.82, 2.24) is 15.0 Å². The van der Waals surface area contributed by atoms with E-state index < -0.39 is 0 Å². The average molecular weight is 269 g/mol. The minimum atomic E-state index is -0.157. The number of benzene rings is 1. The lowest BCUT2D eigenvalue weighted by molar-refractivity contribution is 1.13. The smallest absolute Gasteiger partial charge is 0.251 e. The molecule has 19 heavy (non-hydrogen) atoms. The molecule has 0 bridgehead atoms. The fraction of sp³-hybridized carbons (Fsp3) is 0.0714. The van der Waals surface area contributed by atoms with Crippen LogP contribution < -0.4 is 5.56 Å². The lowest BCUT2D eigenvalue weighted by Crippen LogP contribution is -2.08. The van der Waals surface area contributed by atoms with Crippen LogP contribution in [0.25, 0.3) is 22.0 Å². The Bertz CT molecular complexity index is 762. The van der Waals surface area contributed by atoms with E-state index in [1.54, 1.807) is 6.20 Å². The van der Waals surface area contributed by atoms with Crippen molar-refractivity contribution in [1.29, 1.82) is 0 Å². The maximum Gasteiger partial charge on any atom is 0.251 e. The third-order valence-corrected chi connectivity index (χ3v) is 3.60. The summed E-state index contributed by atoms with van der Waals surface area (Å²) >= 11 is 1.53. The fourth-order valence-corrected chi connectivity index (χ4v) is 2.53. The van der Waals surface area contributed by atoms with Crippen LogP contribution in [0, 0.1) is 6.92 Å². The molecule has 1 aromatic carbocycles. The first-order valence-electron chi connectivity index (χ1n) is 5.82. The van der Waals surface area contributed by atoms with Crippen LogP contribution in [-0.4, -0.2) is 15.0 Å². The Kier molecular flexibility index (Phi) is 2.97. The SMILES string of the molecule is Cc1ncc(-c2cc(=O)[nH]c(-c3ccccc3)n2)s1. The average Bonchev–Trinajstić information content (AvgIpc) is 2.86. The van der Waals surface area contributed by atoms with Gasteiger partial charge in [-0.25, -0.2) is 9.97 Å². The van der Waals surface area contributed by atoms with Crippen molar-refractivity contribution in [3.63, 3.8) is 0 Å². The first-order valence-corrected chi connectivity index (χ1v) is 6.63. The van der Waals surface area contributed by atoms with Gasteiger partial charge in [0.15, 0.2) is 0 Å². The molecule has 0 radical (unpaired) electrons. The molecule has 2 heterocycles. The van der Waals surface area contributed by atoms with Gasteiger partial charge < -0.3 is 4.98 Å². The van der Waals surface area contributed by atoms with Crippen molar-refractivity contribution in [2.75, 3.05) is 0 Å². The van der Waals surface area contributed by atoms with E-state index in [1.807, 2.05) is 37.3 Å². The number of H-pyrrole nitrogens is 1. The van der Waals surface area contributed by atoms with Crippen LogP contribution in [0.5, 0.6) is 0 Å². The van der Waals surface area contributed by atoms with E-state index >= 15 is 0 Å². The van der Waals surface area contributed by atoms with E-state index in [4.69, 9.17) is 0 Å². The summed E-state index contributed by atoms with van der Waals surface area (Å²) in [5.74, 6) is 0.578. The summed E-state index contributed by atoms with van der Waals surface area (Å²) in [6, 6.07) is 11.1. The van der Waals surface area contributed by atoms with Crippen LogP contribution in [0.3, 0.4) is 0 Å². The summed E-state index contributed by atoms with van der Waals surface area (Å²) in [5, 5.41) is 0.957. The largest absolute Gasteiger partial charge is 0.306 e. The third kappa shape index (κ3) is 2.46. The molecule has 3 aromatic rings. The van der Waals surface area contributed by atoms with Crippen LogP contribution in [0.4, 0.5) is 0 Å². The van der Waals surface area contributed by atoms with E-state index in [1.165, 1.54) is 17.4 Å². The lowest BCUT2D eigenvalue weighted by Gasteiger charge is -2.02. The number of aryl methyl sites for hydroxylation is 1. The van der Waals surface area contributed by atoms with Crippen LogP contribution in [0.1, 0.15) is 5.01 Å². The summed E-state index contributed by atoms with van der Waals surface area (Å²) in [6.45, 7) is 1.93. The van der Waals surface area contributed by atoms with E-state index in [9.17, 15) is 4.79 Å². The highest BCUT2D eigenvalue weighted by Gasteiger charge is 2.08. The third-order valence-electron chi connectivity index (χ3n) is 2.66.